The topological polar surface area (TPSA) is 52.7 Å². The van der Waals surface area contributed by atoms with E-state index in [1.807, 2.05) is 0 Å². The lowest BCUT2D eigenvalue weighted by Crippen LogP contribution is -2.39. The Balaban J connectivity index is 2.39. The maximum absolute atomic E-state index is 12.3. The van der Waals surface area contributed by atoms with Gasteiger partial charge in [-0.3, -0.25) is 4.79 Å². The van der Waals surface area contributed by atoms with Gasteiger partial charge in [0, 0.05) is 23.6 Å². The molecule has 1 heterocycles. The van der Waals surface area contributed by atoms with Crippen molar-refractivity contribution < 1.29 is 9.59 Å². The van der Waals surface area contributed by atoms with Gasteiger partial charge in [-0.05, 0) is 25.2 Å². The van der Waals surface area contributed by atoms with Crippen LogP contribution in [-0.4, -0.2) is 43.5 Å². The summed E-state index contributed by atoms with van der Waals surface area (Å²) in [4.78, 5) is 26.9. The number of carbonyl (C=O) groups is 2. The summed E-state index contributed by atoms with van der Waals surface area (Å²) in [6.07, 6.45) is 0. The number of anilines is 1. The summed E-state index contributed by atoms with van der Waals surface area (Å²) in [5.41, 5.74) is 0.387. The Labute approximate surface area is 121 Å². The van der Waals surface area contributed by atoms with Crippen LogP contribution in [0, 0.1) is 0 Å². The molecule has 1 aromatic carbocycles. The van der Waals surface area contributed by atoms with Gasteiger partial charge in [-0.1, -0.05) is 23.2 Å². The summed E-state index contributed by atoms with van der Waals surface area (Å²) >= 11 is 11.8. The highest BCUT2D eigenvalue weighted by Crippen LogP contribution is 2.29. The van der Waals surface area contributed by atoms with Crippen LogP contribution in [0.4, 0.5) is 10.5 Å². The lowest BCUT2D eigenvalue weighted by molar-refractivity contribution is -0.119. The zero-order valence-electron chi connectivity index (χ0n) is 10.5. The minimum Gasteiger partial charge on any atom is -0.317 e. The number of likely N-dealkylation sites (N-methyl/N-ethyl adjacent to an activating group) is 2. The van der Waals surface area contributed by atoms with E-state index in [-0.39, 0.29) is 11.9 Å². The van der Waals surface area contributed by atoms with Crippen LogP contribution in [0.25, 0.3) is 0 Å². The predicted octanol–water partition coefficient (Wildman–Crippen LogP) is 1.98. The van der Waals surface area contributed by atoms with Crippen molar-refractivity contribution in [1.29, 1.82) is 0 Å². The van der Waals surface area contributed by atoms with Crippen LogP contribution in [0.1, 0.15) is 0 Å². The number of benzene rings is 1. The Bertz CT molecular complexity index is 515. The van der Waals surface area contributed by atoms with E-state index < -0.39 is 6.04 Å². The third-order valence-corrected chi connectivity index (χ3v) is 3.41. The first-order chi connectivity index (χ1) is 8.95. The van der Waals surface area contributed by atoms with Crippen LogP contribution in [0.2, 0.25) is 10.0 Å². The number of urea groups is 1. The Kier molecular flexibility index (Phi) is 3.99. The quantitative estimate of drug-likeness (QED) is 0.869. The van der Waals surface area contributed by atoms with Crippen molar-refractivity contribution in [3.05, 3.63) is 28.2 Å². The predicted molar refractivity (Wildman–Crippen MR) is 74.8 cm³/mol. The first-order valence-electron chi connectivity index (χ1n) is 5.67. The largest absolute Gasteiger partial charge is 0.331 e. The van der Waals surface area contributed by atoms with E-state index in [9.17, 15) is 9.59 Å². The number of rotatable bonds is 3. The molecule has 0 aromatic heterocycles. The Morgan fingerprint density at radius 1 is 1.21 bits per heavy atom. The normalized spacial score (nSPS) is 19.5. The van der Waals surface area contributed by atoms with Crippen molar-refractivity contribution >= 4 is 40.8 Å². The molecule has 0 saturated carbocycles. The standard InChI is InChI=1S/C12H13Cl2N3O2/c1-15-6-10-11(18)17(12(19)16(10)2)9-4-7(13)3-8(14)5-9/h3-5,10,15H,6H2,1-2H3/t10-/m1/s1. The maximum atomic E-state index is 12.3. The van der Waals surface area contributed by atoms with Gasteiger partial charge >= 0.3 is 6.03 Å². The number of halogens is 2. The number of carbonyl (C=O) groups excluding carboxylic acids is 2. The van der Waals surface area contributed by atoms with E-state index in [0.29, 0.717) is 22.3 Å². The molecule has 1 saturated heterocycles. The zero-order valence-corrected chi connectivity index (χ0v) is 12.0. The molecule has 3 amide bonds. The van der Waals surface area contributed by atoms with Crippen molar-refractivity contribution in [3.63, 3.8) is 0 Å². The Hall–Kier alpha value is -1.30. The fourth-order valence-electron chi connectivity index (χ4n) is 2.02. The van der Waals surface area contributed by atoms with Gasteiger partial charge in [-0.25, -0.2) is 9.69 Å². The maximum Gasteiger partial charge on any atom is 0.331 e. The molecule has 1 aliphatic heterocycles. The first kappa shape index (κ1) is 14.1. The molecule has 1 atom stereocenters. The number of nitrogens with zero attached hydrogens (tertiary/aromatic N) is 2. The number of amides is 3. The summed E-state index contributed by atoms with van der Waals surface area (Å²) < 4.78 is 0. The first-order valence-corrected chi connectivity index (χ1v) is 6.42. The summed E-state index contributed by atoms with van der Waals surface area (Å²) in [5.74, 6) is -0.291. The van der Waals surface area contributed by atoms with E-state index in [0.717, 1.165) is 4.90 Å². The molecule has 1 fully saturated rings. The molecule has 0 unspecified atom stereocenters. The van der Waals surface area contributed by atoms with Crippen molar-refractivity contribution in [2.45, 2.75) is 6.04 Å². The number of imide groups is 1. The molecule has 2 rings (SSSR count). The fourth-order valence-corrected chi connectivity index (χ4v) is 2.54. The average Bonchev–Trinajstić information content (AvgIpc) is 2.52. The van der Waals surface area contributed by atoms with E-state index in [1.165, 1.54) is 4.90 Å². The van der Waals surface area contributed by atoms with Crippen LogP contribution in [-0.2, 0) is 4.79 Å². The second kappa shape index (κ2) is 5.36. The molecule has 102 valence electrons. The molecule has 1 N–H and O–H groups in total. The fraction of sp³-hybridized carbons (Fsp3) is 0.333. The lowest BCUT2D eigenvalue weighted by Gasteiger charge is -2.15. The highest BCUT2D eigenvalue weighted by atomic mass is 35.5. The molecular weight excluding hydrogens is 289 g/mol. The molecular formula is C12H13Cl2N3O2. The summed E-state index contributed by atoms with van der Waals surface area (Å²) in [6.45, 7) is 0.395. The van der Waals surface area contributed by atoms with Crippen molar-refractivity contribution in [3.8, 4) is 0 Å². The molecule has 7 heteroatoms. The Morgan fingerprint density at radius 3 is 2.32 bits per heavy atom. The van der Waals surface area contributed by atoms with Crippen LogP contribution in [0.5, 0.6) is 0 Å². The second-order valence-electron chi connectivity index (χ2n) is 4.27. The molecule has 1 aliphatic rings. The molecule has 5 nitrogen and oxygen atoms in total. The van der Waals surface area contributed by atoms with Gasteiger partial charge in [0.1, 0.15) is 6.04 Å². The molecule has 1 aromatic rings. The monoisotopic (exact) mass is 301 g/mol. The van der Waals surface area contributed by atoms with Gasteiger partial charge < -0.3 is 10.2 Å². The number of hydrogen-bond acceptors (Lipinski definition) is 3. The molecule has 0 radical (unpaired) electrons. The average molecular weight is 302 g/mol. The molecule has 19 heavy (non-hydrogen) atoms. The van der Waals surface area contributed by atoms with Crippen molar-refractivity contribution in [1.82, 2.24) is 10.2 Å². The van der Waals surface area contributed by atoms with Crippen LogP contribution < -0.4 is 10.2 Å². The zero-order chi connectivity index (χ0) is 14.2. The SMILES string of the molecule is CNC[C@@H]1C(=O)N(c2cc(Cl)cc(Cl)c2)C(=O)N1C. The highest BCUT2D eigenvalue weighted by Gasteiger charge is 2.43. The number of hydrogen-bond donors (Lipinski definition) is 1. The van der Waals surface area contributed by atoms with E-state index in [4.69, 9.17) is 23.2 Å². The van der Waals surface area contributed by atoms with Crippen LogP contribution in [0.15, 0.2) is 18.2 Å². The molecule has 0 spiro atoms. The Morgan fingerprint density at radius 2 is 1.79 bits per heavy atom. The third-order valence-electron chi connectivity index (χ3n) is 2.97. The second-order valence-corrected chi connectivity index (χ2v) is 5.14. The van der Waals surface area contributed by atoms with Gasteiger partial charge in [-0.2, -0.15) is 0 Å². The minimum absolute atomic E-state index is 0.291. The van der Waals surface area contributed by atoms with Gasteiger partial charge in [0.2, 0.25) is 0 Å². The van der Waals surface area contributed by atoms with Gasteiger partial charge in [0.15, 0.2) is 0 Å². The van der Waals surface area contributed by atoms with E-state index in [2.05, 4.69) is 5.32 Å². The summed E-state index contributed by atoms with van der Waals surface area (Å²) in [7, 11) is 3.32. The summed E-state index contributed by atoms with van der Waals surface area (Å²) in [6, 6.07) is 3.73. The van der Waals surface area contributed by atoms with Gasteiger partial charge in [0.25, 0.3) is 5.91 Å². The smallest absolute Gasteiger partial charge is 0.317 e. The van der Waals surface area contributed by atoms with Crippen molar-refractivity contribution in [2.24, 2.45) is 0 Å². The highest BCUT2D eigenvalue weighted by molar-refractivity contribution is 6.35. The lowest BCUT2D eigenvalue weighted by atomic mass is 10.2. The third kappa shape index (κ3) is 2.54. The number of nitrogens with one attached hydrogen (secondary N) is 1. The van der Waals surface area contributed by atoms with Gasteiger partial charge in [-0.15, -0.1) is 0 Å². The molecule has 0 bridgehead atoms. The minimum atomic E-state index is -0.518. The summed E-state index contributed by atoms with van der Waals surface area (Å²) in [5, 5.41) is 3.65. The van der Waals surface area contributed by atoms with E-state index in [1.54, 1.807) is 32.3 Å². The van der Waals surface area contributed by atoms with Crippen LogP contribution in [0.3, 0.4) is 0 Å². The van der Waals surface area contributed by atoms with Crippen molar-refractivity contribution in [2.75, 3.05) is 25.5 Å². The van der Waals surface area contributed by atoms with E-state index >= 15 is 0 Å². The van der Waals surface area contributed by atoms with Crippen LogP contribution >= 0.6 is 23.2 Å². The van der Waals surface area contributed by atoms with Gasteiger partial charge in [0.05, 0.1) is 5.69 Å². The molecule has 0 aliphatic carbocycles.